The number of aryl methyl sites for hydroxylation is 1. The Hall–Kier alpha value is -5.60. The van der Waals surface area contributed by atoms with Gasteiger partial charge in [0, 0.05) is 52.3 Å². The number of carbonyl (C=O) groups is 3. The third-order valence-corrected chi connectivity index (χ3v) is 8.46. The number of anilines is 4. The lowest BCUT2D eigenvalue weighted by molar-refractivity contribution is -0.137. The summed E-state index contributed by atoms with van der Waals surface area (Å²) in [7, 11) is 4.87. The molecule has 0 aliphatic carbocycles. The molecule has 4 aromatic rings. The van der Waals surface area contributed by atoms with Crippen LogP contribution in [-0.2, 0) is 16.6 Å². The minimum absolute atomic E-state index is 0.0975. The van der Waals surface area contributed by atoms with Crippen molar-refractivity contribution in [1.82, 2.24) is 40.2 Å². The number of nitrogens with zero attached hydrogens (tertiary/aromatic N) is 7. The van der Waals surface area contributed by atoms with Crippen molar-refractivity contribution in [2.45, 2.75) is 57.3 Å². The van der Waals surface area contributed by atoms with Crippen LogP contribution in [0, 0.1) is 0 Å². The van der Waals surface area contributed by atoms with Crippen molar-refractivity contribution in [3.63, 3.8) is 0 Å². The highest BCUT2D eigenvalue weighted by atomic mass is 16.5. The Kier molecular flexibility index (Phi) is 11.7. The largest absolute Gasteiger partial charge is 0.494 e. The van der Waals surface area contributed by atoms with Crippen molar-refractivity contribution < 1.29 is 24.2 Å². The normalized spacial score (nSPS) is 13.2. The SMILES string of the molecule is CNC(=O)c1nnc(Nc2ccc(C3CCN(C(=O)CCCCCCC(=O)O)CC3)cn2)cc1Nc1cccc(-c2ncn(C)n2)c1OC. The number of pyridine rings is 1. The van der Waals surface area contributed by atoms with Crippen LogP contribution in [-0.4, -0.2) is 85.0 Å². The number of benzene rings is 1. The van der Waals surface area contributed by atoms with Gasteiger partial charge in [0.15, 0.2) is 23.1 Å². The zero-order valence-corrected chi connectivity index (χ0v) is 28.0. The van der Waals surface area contributed by atoms with Crippen molar-refractivity contribution in [1.29, 1.82) is 0 Å². The molecular weight excluding hydrogens is 628 g/mol. The summed E-state index contributed by atoms with van der Waals surface area (Å²) in [6.45, 7) is 1.41. The zero-order valence-electron chi connectivity index (χ0n) is 28.0. The molecule has 1 aliphatic heterocycles. The first-order valence-corrected chi connectivity index (χ1v) is 16.4. The average molecular weight is 671 g/mol. The molecule has 1 aliphatic rings. The van der Waals surface area contributed by atoms with Crippen LogP contribution < -0.4 is 20.7 Å². The molecule has 15 heteroatoms. The second-order valence-corrected chi connectivity index (χ2v) is 11.9. The maximum Gasteiger partial charge on any atom is 0.303 e. The highest BCUT2D eigenvalue weighted by Gasteiger charge is 2.24. The van der Waals surface area contributed by atoms with Crippen molar-refractivity contribution >= 4 is 40.8 Å². The number of carbonyl (C=O) groups excluding carboxylic acids is 2. The minimum Gasteiger partial charge on any atom is -0.494 e. The van der Waals surface area contributed by atoms with Crippen LogP contribution in [0.4, 0.5) is 23.0 Å². The summed E-state index contributed by atoms with van der Waals surface area (Å²) in [5.41, 5.74) is 2.87. The number of nitrogens with one attached hydrogen (secondary N) is 3. The highest BCUT2D eigenvalue weighted by Crippen LogP contribution is 2.37. The first kappa shape index (κ1) is 34.7. The molecule has 0 atom stereocenters. The van der Waals surface area contributed by atoms with E-state index in [-0.39, 0.29) is 18.0 Å². The van der Waals surface area contributed by atoms with E-state index < -0.39 is 11.9 Å². The number of amides is 2. The number of rotatable bonds is 15. The van der Waals surface area contributed by atoms with E-state index in [1.807, 2.05) is 41.4 Å². The van der Waals surface area contributed by atoms with Crippen LogP contribution in [0.25, 0.3) is 11.4 Å². The Morgan fingerprint density at radius 3 is 2.37 bits per heavy atom. The van der Waals surface area contributed by atoms with Crippen LogP contribution in [0.1, 0.15) is 73.3 Å². The second-order valence-electron chi connectivity index (χ2n) is 11.9. The Labute approximate surface area is 284 Å². The van der Waals surface area contributed by atoms with E-state index in [0.717, 1.165) is 37.7 Å². The lowest BCUT2D eigenvalue weighted by atomic mass is 9.90. The molecule has 3 aromatic heterocycles. The van der Waals surface area contributed by atoms with Gasteiger partial charge in [-0.15, -0.1) is 10.2 Å². The molecule has 2 amide bonds. The molecule has 15 nitrogen and oxygen atoms in total. The van der Waals surface area contributed by atoms with E-state index in [0.29, 0.717) is 72.0 Å². The van der Waals surface area contributed by atoms with Crippen LogP contribution in [0.5, 0.6) is 5.75 Å². The summed E-state index contributed by atoms with van der Waals surface area (Å²) in [6, 6.07) is 11.1. The van der Waals surface area contributed by atoms with E-state index in [2.05, 4.69) is 41.2 Å². The van der Waals surface area contributed by atoms with Crippen LogP contribution in [0.15, 0.2) is 48.9 Å². The van der Waals surface area contributed by atoms with Crippen molar-refractivity contribution in [2.24, 2.45) is 7.05 Å². The molecule has 4 N–H and O–H groups in total. The number of para-hydroxylation sites is 1. The number of hydrogen-bond acceptors (Lipinski definition) is 11. The fraction of sp³-hybridized carbons (Fsp3) is 0.412. The van der Waals surface area contributed by atoms with Gasteiger partial charge in [-0.05, 0) is 55.4 Å². The second kappa shape index (κ2) is 16.5. The number of hydrogen-bond donors (Lipinski definition) is 4. The molecule has 0 radical (unpaired) electrons. The van der Waals surface area contributed by atoms with E-state index in [1.165, 1.54) is 7.05 Å². The molecule has 258 valence electrons. The zero-order chi connectivity index (χ0) is 34.8. The van der Waals surface area contributed by atoms with Gasteiger partial charge < -0.3 is 30.7 Å². The molecular formula is C34H42N10O5. The van der Waals surface area contributed by atoms with Gasteiger partial charge in [0.2, 0.25) is 5.91 Å². The number of carboxylic acid groups (broad SMARTS) is 1. The maximum absolute atomic E-state index is 12.7. The van der Waals surface area contributed by atoms with E-state index in [4.69, 9.17) is 9.84 Å². The first-order chi connectivity index (χ1) is 23.7. The molecule has 0 bridgehead atoms. The average Bonchev–Trinajstić information content (AvgIpc) is 3.55. The van der Waals surface area contributed by atoms with Gasteiger partial charge in [-0.2, -0.15) is 5.10 Å². The number of methoxy groups -OCH3 is 1. The van der Waals surface area contributed by atoms with Crippen LogP contribution in [0.3, 0.4) is 0 Å². The third kappa shape index (κ3) is 9.06. The van der Waals surface area contributed by atoms with E-state index >= 15 is 0 Å². The number of likely N-dealkylation sites (tertiary alicyclic amines) is 1. The number of aromatic nitrogens is 6. The van der Waals surface area contributed by atoms with Gasteiger partial charge >= 0.3 is 5.97 Å². The predicted octanol–water partition coefficient (Wildman–Crippen LogP) is 4.65. The third-order valence-electron chi connectivity index (χ3n) is 8.46. The smallest absolute Gasteiger partial charge is 0.303 e. The molecule has 0 spiro atoms. The fourth-order valence-electron chi connectivity index (χ4n) is 5.85. The minimum atomic E-state index is -0.773. The summed E-state index contributed by atoms with van der Waals surface area (Å²) in [5, 5.41) is 30.6. The maximum atomic E-state index is 12.7. The van der Waals surface area contributed by atoms with Crippen LogP contribution in [0.2, 0.25) is 0 Å². The molecule has 0 saturated carbocycles. The van der Waals surface area contributed by atoms with Gasteiger partial charge in [-0.1, -0.05) is 25.0 Å². The monoisotopic (exact) mass is 670 g/mol. The number of piperidine rings is 1. The van der Waals surface area contributed by atoms with Crippen molar-refractivity contribution in [2.75, 3.05) is 37.9 Å². The summed E-state index contributed by atoms with van der Waals surface area (Å²) >= 11 is 0. The first-order valence-electron chi connectivity index (χ1n) is 16.4. The molecule has 5 rings (SSSR count). The molecule has 1 saturated heterocycles. The summed E-state index contributed by atoms with van der Waals surface area (Å²) in [6.07, 6.45) is 9.02. The lowest BCUT2D eigenvalue weighted by Gasteiger charge is -2.32. The summed E-state index contributed by atoms with van der Waals surface area (Å²) in [4.78, 5) is 46.9. The van der Waals surface area contributed by atoms with Crippen molar-refractivity contribution in [3.05, 3.63) is 60.2 Å². The van der Waals surface area contributed by atoms with Gasteiger partial charge in [-0.3, -0.25) is 19.1 Å². The summed E-state index contributed by atoms with van der Waals surface area (Å²) < 4.78 is 7.34. The number of carboxylic acids is 1. The Morgan fingerprint density at radius 1 is 0.939 bits per heavy atom. The molecule has 4 heterocycles. The quantitative estimate of drug-likeness (QED) is 0.128. The number of aliphatic carboxylic acids is 1. The van der Waals surface area contributed by atoms with Gasteiger partial charge in [0.25, 0.3) is 5.91 Å². The van der Waals surface area contributed by atoms with Gasteiger partial charge in [0.1, 0.15) is 12.1 Å². The highest BCUT2D eigenvalue weighted by molar-refractivity contribution is 5.99. The Balaban J connectivity index is 1.21. The van der Waals surface area contributed by atoms with E-state index in [1.54, 1.807) is 31.2 Å². The number of ether oxygens (including phenoxy) is 1. The van der Waals surface area contributed by atoms with Gasteiger partial charge in [0.05, 0.1) is 24.0 Å². The topological polar surface area (TPSA) is 189 Å². The Bertz CT molecular complexity index is 1750. The van der Waals surface area contributed by atoms with Crippen LogP contribution >= 0.6 is 0 Å². The molecule has 1 aromatic carbocycles. The van der Waals surface area contributed by atoms with Gasteiger partial charge in [-0.25, -0.2) is 9.97 Å². The Morgan fingerprint density at radius 2 is 1.71 bits per heavy atom. The standard InChI is InChI=1S/C34H42N10O5/c1-35-34(48)31-26(38-25-10-8-9-24(32(25)49-3)33-37-21-43(2)42-33)19-28(40-41-31)39-27-14-13-23(20-36-27)22-15-17-44(18-16-22)29(45)11-6-4-5-7-12-30(46)47/h8-10,13-14,19-22H,4-7,11-12,15-18H2,1-3H3,(H,35,48)(H,46,47)(H2,36,38,39,40). The van der Waals surface area contributed by atoms with Crippen molar-refractivity contribution in [3.8, 4) is 17.1 Å². The lowest BCUT2D eigenvalue weighted by Crippen LogP contribution is -2.37. The fourth-order valence-corrected chi connectivity index (χ4v) is 5.85. The molecule has 0 unspecified atom stereocenters. The molecule has 1 fully saturated rings. The summed E-state index contributed by atoms with van der Waals surface area (Å²) in [5.74, 6) is 1.23. The predicted molar refractivity (Wildman–Crippen MR) is 183 cm³/mol. The molecule has 49 heavy (non-hydrogen) atoms. The van der Waals surface area contributed by atoms with E-state index in [9.17, 15) is 14.4 Å². The number of unbranched alkanes of at least 4 members (excludes halogenated alkanes) is 3.